The van der Waals surface area contributed by atoms with Crippen LogP contribution in [-0.4, -0.2) is 58.6 Å². The molecule has 2 unspecified atom stereocenters. The van der Waals surface area contributed by atoms with E-state index in [-0.39, 0.29) is 30.1 Å². The first-order chi connectivity index (χ1) is 15.3. The third-order valence-electron chi connectivity index (χ3n) is 6.13. The zero-order valence-electron chi connectivity index (χ0n) is 19.8. The summed E-state index contributed by atoms with van der Waals surface area (Å²) < 4.78 is 17.4. The molecule has 2 heterocycles. The summed E-state index contributed by atoms with van der Waals surface area (Å²) in [5.41, 5.74) is 2.55. The molecule has 2 atom stereocenters. The van der Waals surface area contributed by atoms with Gasteiger partial charge in [0.05, 0.1) is 6.10 Å². The largest absolute Gasteiger partial charge is 0.381 e. The van der Waals surface area contributed by atoms with Crippen LogP contribution in [0.5, 0.6) is 0 Å². The fourth-order valence-corrected chi connectivity index (χ4v) is 4.25. The first-order valence-corrected chi connectivity index (χ1v) is 12.1. The summed E-state index contributed by atoms with van der Waals surface area (Å²) in [6.45, 7) is 11.0. The van der Waals surface area contributed by atoms with Gasteiger partial charge in [0.15, 0.2) is 5.96 Å². The third-order valence-corrected chi connectivity index (χ3v) is 6.13. The molecule has 2 N–H and O–H groups in total. The van der Waals surface area contributed by atoms with E-state index < -0.39 is 0 Å². The molecule has 0 radical (unpaired) electrons. The van der Waals surface area contributed by atoms with Crippen LogP contribution in [0.4, 0.5) is 0 Å². The van der Waals surface area contributed by atoms with Crippen LogP contribution in [-0.2, 0) is 14.2 Å². The lowest BCUT2D eigenvalue weighted by Crippen LogP contribution is -2.39. The Balaban J connectivity index is 0.00000363. The van der Waals surface area contributed by atoms with Crippen LogP contribution in [0.25, 0.3) is 0 Å². The number of hydrogen-bond acceptors (Lipinski definition) is 4. The van der Waals surface area contributed by atoms with E-state index in [1.165, 1.54) is 11.1 Å². The summed E-state index contributed by atoms with van der Waals surface area (Å²) in [6, 6.07) is 8.74. The SMILES string of the molecule is CCNC(=NCC1CCCOC1c1ccc(C)cc1)NCCCOCC1CCOCC1.I. The predicted molar refractivity (Wildman–Crippen MR) is 141 cm³/mol. The predicted octanol–water partition coefficient (Wildman–Crippen LogP) is 4.47. The second-order valence-corrected chi connectivity index (χ2v) is 8.74. The van der Waals surface area contributed by atoms with E-state index in [0.717, 1.165) is 90.7 Å². The molecule has 0 bridgehead atoms. The molecule has 2 saturated heterocycles. The van der Waals surface area contributed by atoms with Crippen LogP contribution in [0.15, 0.2) is 29.3 Å². The Kier molecular flexibility index (Phi) is 13.5. The van der Waals surface area contributed by atoms with E-state index in [4.69, 9.17) is 19.2 Å². The Bertz CT molecular complexity index is 650. The minimum atomic E-state index is 0. The molecule has 182 valence electrons. The van der Waals surface area contributed by atoms with Crippen LogP contribution in [0.3, 0.4) is 0 Å². The molecule has 32 heavy (non-hydrogen) atoms. The van der Waals surface area contributed by atoms with Gasteiger partial charge < -0.3 is 24.8 Å². The Hall–Kier alpha value is -0.900. The lowest BCUT2D eigenvalue weighted by molar-refractivity contribution is -0.0250. The maximum absolute atomic E-state index is 6.15. The average molecular weight is 560 g/mol. The summed E-state index contributed by atoms with van der Waals surface area (Å²) in [6.07, 6.45) is 5.64. The van der Waals surface area contributed by atoms with Crippen molar-refractivity contribution in [2.75, 3.05) is 52.7 Å². The van der Waals surface area contributed by atoms with Gasteiger partial charge >= 0.3 is 0 Å². The zero-order valence-corrected chi connectivity index (χ0v) is 22.1. The van der Waals surface area contributed by atoms with Crippen molar-refractivity contribution in [2.45, 2.75) is 52.1 Å². The lowest BCUT2D eigenvalue weighted by Gasteiger charge is -2.31. The second-order valence-electron chi connectivity index (χ2n) is 8.74. The molecule has 1 aromatic carbocycles. The number of aryl methyl sites for hydroxylation is 1. The van der Waals surface area contributed by atoms with Crippen LogP contribution >= 0.6 is 24.0 Å². The van der Waals surface area contributed by atoms with Crippen LogP contribution < -0.4 is 10.6 Å². The van der Waals surface area contributed by atoms with Crippen molar-refractivity contribution in [1.82, 2.24) is 10.6 Å². The molecular formula is C25H42IN3O3. The Morgan fingerprint density at radius 2 is 1.88 bits per heavy atom. The number of benzene rings is 1. The van der Waals surface area contributed by atoms with E-state index in [2.05, 4.69) is 48.7 Å². The van der Waals surface area contributed by atoms with Gasteiger partial charge in [-0.2, -0.15) is 0 Å². The highest BCUT2D eigenvalue weighted by atomic mass is 127. The highest BCUT2D eigenvalue weighted by Gasteiger charge is 2.27. The van der Waals surface area contributed by atoms with Crippen molar-refractivity contribution in [3.63, 3.8) is 0 Å². The minimum absolute atomic E-state index is 0. The molecule has 2 aliphatic heterocycles. The van der Waals surface area contributed by atoms with Gasteiger partial charge in [-0.05, 0) is 57.4 Å². The number of guanidine groups is 1. The molecular weight excluding hydrogens is 517 g/mol. The van der Waals surface area contributed by atoms with Gasteiger partial charge in [0.25, 0.3) is 0 Å². The van der Waals surface area contributed by atoms with Gasteiger partial charge in [-0.15, -0.1) is 24.0 Å². The van der Waals surface area contributed by atoms with E-state index in [9.17, 15) is 0 Å². The van der Waals surface area contributed by atoms with Crippen molar-refractivity contribution in [1.29, 1.82) is 0 Å². The highest BCUT2D eigenvalue weighted by molar-refractivity contribution is 14.0. The van der Waals surface area contributed by atoms with Crippen molar-refractivity contribution < 1.29 is 14.2 Å². The molecule has 0 amide bonds. The molecule has 0 aromatic heterocycles. The number of ether oxygens (including phenoxy) is 3. The summed E-state index contributed by atoms with van der Waals surface area (Å²) in [4.78, 5) is 4.88. The third kappa shape index (κ3) is 9.53. The fourth-order valence-electron chi connectivity index (χ4n) is 4.25. The van der Waals surface area contributed by atoms with E-state index >= 15 is 0 Å². The van der Waals surface area contributed by atoms with Gasteiger partial charge in [0, 0.05) is 58.6 Å². The van der Waals surface area contributed by atoms with Crippen LogP contribution in [0.2, 0.25) is 0 Å². The van der Waals surface area contributed by atoms with Crippen molar-refractivity contribution in [3.8, 4) is 0 Å². The Morgan fingerprint density at radius 1 is 1.09 bits per heavy atom. The van der Waals surface area contributed by atoms with Crippen molar-refractivity contribution in [3.05, 3.63) is 35.4 Å². The first-order valence-electron chi connectivity index (χ1n) is 12.1. The molecule has 6 nitrogen and oxygen atoms in total. The van der Waals surface area contributed by atoms with Crippen molar-refractivity contribution in [2.24, 2.45) is 16.8 Å². The Morgan fingerprint density at radius 3 is 2.62 bits per heavy atom. The number of nitrogens with zero attached hydrogens (tertiary/aromatic N) is 1. The monoisotopic (exact) mass is 559 g/mol. The average Bonchev–Trinajstić information content (AvgIpc) is 2.81. The van der Waals surface area contributed by atoms with Crippen LogP contribution in [0.1, 0.15) is 56.3 Å². The summed E-state index contributed by atoms with van der Waals surface area (Å²) in [5.74, 6) is 1.97. The van der Waals surface area contributed by atoms with Crippen LogP contribution in [0, 0.1) is 18.8 Å². The topological polar surface area (TPSA) is 64.1 Å². The Labute approximate surface area is 211 Å². The maximum Gasteiger partial charge on any atom is 0.191 e. The van der Waals surface area contributed by atoms with Gasteiger partial charge in [-0.25, -0.2) is 0 Å². The number of halogens is 1. The standard InChI is InChI=1S/C25H41N3O3.HI/c1-3-26-25(27-13-5-14-30-19-21-11-16-29-17-12-21)28-18-23-6-4-15-31-24(23)22-9-7-20(2)8-10-22;/h7-10,21,23-24H,3-6,11-19H2,1-2H3,(H2,26,27,28);1H. The number of nitrogens with one attached hydrogen (secondary N) is 2. The molecule has 3 rings (SSSR count). The zero-order chi connectivity index (χ0) is 21.7. The quantitative estimate of drug-likeness (QED) is 0.192. The molecule has 0 spiro atoms. The fraction of sp³-hybridized carbons (Fsp3) is 0.720. The molecule has 2 fully saturated rings. The summed E-state index contributed by atoms with van der Waals surface area (Å²) in [7, 11) is 0. The summed E-state index contributed by atoms with van der Waals surface area (Å²) >= 11 is 0. The van der Waals surface area contributed by atoms with E-state index in [1.54, 1.807) is 0 Å². The first kappa shape index (κ1) is 27.3. The number of aliphatic imine (C=N–C) groups is 1. The van der Waals surface area contributed by atoms with E-state index in [0.29, 0.717) is 11.8 Å². The van der Waals surface area contributed by atoms with Gasteiger partial charge in [0.2, 0.25) is 0 Å². The van der Waals surface area contributed by atoms with Gasteiger partial charge in [-0.3, -0.25) is 4.99 Å². The molecule has 2 aliphatic rings. The number of rotatable bonds is 10. The smallest absolute Gasteiger partial charge is 0.191 e. The number of hydrogen-bond donors (Lipinski definition) is 2. The van der Waals surface area contributed by atoms with Crippen molar-refractivity contribution >= 4 is 29.9 Å². The van der Waals surface area contributed by atoms with Gasteiger partial charge in [-0.1, -0.05) is 29.8 Å². The molecule has 7 heteroatoms. The van der Waals surface area contributed by atoms with Gasteiger partial charge in [0.1, 0.15) is 0 Å². The summed E-state index contributed by atoms with van der Waals surface area (Å²) in [5, 5.41) is 6.83. The molecule has 0 saturated carbocycles. The normalized spacial score (nSPS) is 22.2. The maximum atomic E-state index is 6.15. The minimum Gasteiger partial charge on any atom is -0.381 e. The highest BCUT2D eigenvalue weighted by Crippen LogP contribution is 2.33. The second kappa shape index (κ2) is 15.9. The molecule has 1 aromatic rings. The molecule has 0 aliphatic carbocycles. The van der Waals surface area contributed by atoms with E-state index in [1.807, 2.05) is 0 Å². The lowest BCUT2D eigenvalue weighted by atomic mass is 9.89.